The molecule has 0 spiro atoms. The number of rotatable bonds is 9. The molecule has 0 aliphatic heterocycles. The summed E-state index contributed by atoms with van der Waals surface area (Å²) in [6.07, 6.45) is 8.22. The van der Waals surface area contributed by atoms with Gasteiger partial charge < -0.3 is 15.4 Å². The molecule has 2 aliphatic rings. The van der Waals surface area contributed by atoms with E-state index in [0.717, 1.165) is 48.2 Å². The Labute approximate surface area is 184 Å². The highest BCUT2D eigenvalue weighted by Gasteiger charge is 2.29. The van der Waals surface area contributed by atoms with Crippen LogP contribution in [-0.2, 0) is 16.0 Å². The second-order valence-corrected chi connectivity index (χ2v) is 8.85. The van der Waals surface area contributed by atoms with Crippen molar-refractivity contribution in [2.45, 2.75) is 70.4 Å². The summed E-state index contributed by atoms with van der Waals surface area (Å²) in [5.41, 5.74) is 2.94. The summed E-state index contributed by atoms with van der Waals surface area (Å²) in [4.78, 5) is 24.3. The fourth-order valence-corrected chi connectivity index (χ4v) is 4.07. The fraction of sp³-hybridized carbons (Fsp3) is 0.462. The Morgan fingerprint density at radius 2 is 1.77 bits per heavy atom. The Morgan fingerprint density at radius 1 is 1.03 bits per heavy atom. The number of ether oxygens (including phenoxy) is 1. The molecular weight excluding hydrogens is 388 g/mol. The number of carbonyl (C=O) groups excluding carboxylic acids is 2. The second kappa shape index (κ2) is 9.99. The zero-order chi connectivity index (χ0) is 21.6. The van der Waals surface area contributed by atoms with Gasteiger partial charge in [0.05, 0.1) is 12.1 Å². The molecule has 2 N–H and O–H groups in total. The molecule has 2 fully saturated rings. The summed E-state index contributed by atoms with van der Waals surface area (Å²) in [6.45, 7) is 1.98. The van der Waals surface area contributed by atoms with Crippen LogP contribution in [0.5, 0.6) is 5.75 Å². The highest BCUT2D eigenvalue weighted by Crippen LogP contribution is 2.30. The minimum Gasteiger partial charge on any atom is -0.490 e. The van der Waals surface area contributed by atoms with Crippen molar-refractivity contribution >= 4 is 17.5 Å². The fourth-order valence-electron chi connectivity index (χ4n) is 4.07. The van der Waals surface area contributed by atoms with Crippen molar-refractivity contribution in [3.05, 3.63) is 59.7 Å². The van der Waals surface area contributed by atoms with Crippen molar-refractivity contribution in [2.75, 3.05) is 5.32 Å². The molecule has 2 saturated carbocycles. The smallest absolute Gasteiger partial charge is 0.227 e. The average Bonchev–Trinajstić information content (AvgIpc) is 3.51. The maximum atomic E-state index is 12.5. The molecule has 31 heavy (non-hydrogen) atoms. The molecule has 5 nitrogen and oxygen atoms in total. The average molecular weight is 421 g/mol. The van der Waals surface area contributed by atoms with Gasteiger partial charge in [-0.3, -0.25) is 9.59 Å². The van der Waals surface area contributed by atoms with Gasteiger partial charge in [0, 0.05) is 18.0 Å². The molecule has 4 rings (SSSR count). The van der Waals surface area contributed by atoms with Gasteiger partial charge in [-0.05, 0) is 87.3 Å². The summed E-state index contributed by atoms with van der Waals surface area (Å²) in [5.74, 6) is 1.23. The molecule has 0 bridgehead atoms. The van der Waals surface area contributed by atoms with Gasteiger partial charge in [0.2, 0.25) is 11.8 Å². The summed E-state index contributed by atoms with van der Waals surface area (Å²) < 4.78 is 6.07. The van der Waals surface area contributed by atoms with E-state index >= 15 is 0 Å². The summed E-state index contributed by atoms with van der Waals surface area (Å²) >= 11 is 0. The normalized spacial score (nSPS) is 17.2. The van der Waals surface area contributed by atoms with E-state index in [4.69, 9.17) is 4.74 Å². The van der Waals surface area contributed by atoms with Gasteiger partial charge in [-0.1, -0.05) is 24.3 Å². The van der Waals surface area contributed by atoms with Crippen LogP contribution in [0.1, 0.15) is 69.0 Å². The first-order valence-electron chi connectivity index (χ1n) is 11.5. The van der Waals surface area contributed by atoms with Crippen LogP contribution in [0.3, 0.4) is 0 Å². The van der Waals surface area contributed by atoms with E-state index in [9.17, 15) is 9.59 Å². The van der Waals surface area contributed by atoms with Gasteiger partial charge in [0.25, 0.3) is 0 Å². The molecule has 0 aromatic heterocycles. The quantitative estimate of drug-likeness (QED) is 0.588. The van der Waals surface area contributed by atoms with Gasteiger partial charge in [0.1, 0.15) is 5.75 Å². The number of anilines is 1. The van der Waals surface area contributed by atoms with Crippen LogP contribution in [0, 0.1) is 5.92 Å². The predicted molar refractivity (Wildman–Crippen MR) is 122 cm³/mol. The summed E-state index contributed by atoms with van der Waals surface area (Å²) in [6, 6.07) is 15.7. The van der Waals surface area contributed by atoms with Crippen molar-refractivity contribution in [3.63, 3.8) is 0 Å². The summed E-state index contributed by atoms with van der Waals surface area (Å²) in [7, 11) is 0. The van der Waals surface area contributed by atoms with E-state index in [-0.39, 0.29) is 23.8 Å². The number of aryl methyl sites for hydroxylation is 1. The number of hydrogen-bond acceptors (Lipinski definition) is 3. The Kier molecular flexibility index (Phi) is 6.90. The third kappa shape index (κ3) is 6.33. The largest absolute Gasteiger partial charge is 0.490 e. The third-order valence-electron chi connectivity index (χ3n) is 6.15. The minimum absolute atomic E-state index is 0.0285. The first kappa shape index (κ1) is 21.4. The minimum atomic E-state index is -0.0854. The van der Waals surface area contributed by atoms with Gasteiger partial charge in [-0.2, -0.15) is 0 Å². The Hall–Kier alpha value is -2.82. The number of benzene rings is 2. The molecule has 5 heteroatoms. The highest BCUT2D eigenvalue weighted by atomic mass is 16.5. The lowest BCUT2D eigenvalue weighted by Crippen LogP contribution is -2.26. The lowest BCUT2D eigenvalue weighted by atomic mass is 10.1. The van der Waals surface area contributed by atoms with Crippen LogP contribution in [0.15, 0.2) is 48.5 Å². The van der Waals surface area contributed by atoms with E-state index in [2.05, 4.69) is 16.7 Å². The topological polar surface area (TPSA) is 67.4 Å². The zero-order valence-corrected chi connectivity index (χ0v) is 18.2. The van der Waals surface area contributed by atoms with E-state index in [0.29, 0.717) is 18.9 Å². The molecule has 2 amide bonds. The van der Waals surface area contributed by atoms with E-state index in [1.807, 2.05) is 49.4 Å². The molecular formula is C26H32N2O3. The molecule has 0 saturated heterocycles. The van der Waals surface area contributed by atoms with Gasteiger partial charge in [0.15, 0.2) is 0 Å². The van der Waals surface area contributed by atoms with Gasteiger partial charge in [-0.15, -0.1) is 0 Å². The molecule has 1 unspecified atom stereocenters. The Bertz CT molecular complexity index is 899. The lowest BCUT2D eigenvalue weighted by molar-refractivity contribution is -0.121. The van der Waals surface area contributed by atoms with E-state index in [1.54, 1.807) is 0 Å². The van der Waals surface area contributed by atoms with Gasteiger partial charge >= 0.3 is 0 Å². The molecule has 2 aliphatic carbocycles. The van der Waals surface area contributed by atoms with Crippen LogP contribution in [0.4, 0.5) is 5.69 Å². The number of nitrogens with one attached hydrogen (secondary N) is 2. The van der Waals surface area contributed by atoms with Crippen molar-refractivity contribution in [1.82, 2.24) is 5.32 Å². The maximum absolute atomic E-state index is 12.5. The van der Waals surface area contributed by atoms with E-state index < -0.39 is 0 Å². The third-order valence-corrected chi connectivity index (χ3v) is 6.15. The maximum Gasteiger partial charge on any atom is 0.227 e. The van der Waals surface area contributed by atoms with Crippen LogP contribution in [0.25, 0.3) is 0 Å². The van der Waals surface area contributed by atoms with E-state index in [1.165, 1.54) is 12.8 Å². The van der Waals surface area contributed by atoms with Crippen molar-refractivity contribution in [1.29, 1.82) is 0 Å². The van der Waals surface area contributed by atoms with Gasteiger partial charge in [-0.25, -0.2) is 0 Å². The SMILES string of the molecule is CC(NC(=O)CCc1cccc(OC2CCCC2)c1)c1ccc(NC(=O)C2CC2)cc1. The number of carbonyl (C=O) groups is 2. The van der Waals surface area contributed by atoms with Crippen molar-refractivity contribution < 1.29 is 14.3 Å². The monoisotopic (exact) mass is 420 g/mol. The Balaban J connectivity index is 1.23. The van der Waals surface area contributed by atoms with Crippen molar-refractivity contribution in [3.8, 4) is 5.75 Å². The molecule has 164 valence electrons. The van der Waals surface area contributed by atoms with Crippen molar-refractivity contribution in [2.24, 2.45) is 5.92 Å². The molecule has 2 aromatic rings. The molecule has 0 radical (unpaired) electrons. The highest BCUT2D eigenvalue weighted by molar-refractivity contribution is 5.94. The number of hydrogen-bond donors (Lipinski definition) is 2. The standard InChI is InChI=1S/C26H32N2O3/c1-18(20-12-14-22(15-13-20)28-26(30)21-10-11-21)27-25(29)16-9-19-5-4-8-24(17-19)31-23-6-2-3-7-23/h4-5,8,12-15,17-18,21,23H,2-3,6-7,9-11,16H2,1H3,(H,27,29)(H,28,30). The van der Waals surface area contributed by atoms with Crippen LogP contribution < -0.4 is 15.4 Å². The first-order chi connectivity index (χ1) is 15.1. The molecule has 2 aromatic carbocycles. The first-order valence-corrected chi connectivity index (χ1v) is 11.5. The van der Waals surface area contributed by atoms with Crippen LogP contribution >= 0.6 is 0 Å². The second-order valence-electron chi connectivity index (χ2n) is 8.85. The molecule has 1 atom stereocenters. The van der Waals surface area contributed by atoms with Crippen LogP contribution in [0.2, 0.25) is 0 Å². The zero-order valence-electron chi connectivity index (χ0n) is 18.2. The summed E-state index contributed by atoms with van der Waals surface area (Å²) in [5, 5.41) is 6.01. The predicted octanol–water partition coefficient (Wildman–Crippen LogP) is 5.17. The van der Waals surface area contributed by atoms with Crippen LogP contribution in [-0.4, -0.2) is 17.9 Å². The Morgan fingerprint density at radius 3 is 2.48 bits per heavy atom. The lowest BCUT2D eigenvalue weighted by Gasteiger charge is -2.16. The molecule has 0 heterocycles. The number of amides is 2.